The number of anilines is 2. The molecule has 0 aliphatic heterocycles. The highest BCUT2D eigenvalue weighted by molar-refractivity contribution is 9.10. The number of amides is 1. The molecule has 18 heavy (non-hydrogen) atoms. The Kier molecular flexibility index (Phi) is 4.41. The van der Waals surface area contributed by atoms with Crippen molar-refractivity contribution in [1.29, 1.82) is 0 Å². The molecule has 98 valence electrons. The molecule has 0 aromatic carbocycles. The number of carbonyl (C=O) groups excluding carboxylic acids is 1. The third kappa shape index (κ3) is 3.87. The lowest BCUT2D eigenvalue weighted by atomic mass is 10.2. The number of hydrogen-bond donors (Lipinski definition) is 3. The fraction of sp³-hybridized carbons (Fsp3) is 0.500. The lowest BCUT2D eigenvalue weighted by Crippen LogP contribution is -2.25. The molecule has 1 fully saturated rings. The highest BCUT2D eigenvalue weighted by atomic mass is 79.9. The van der Waals surface area contributed by atoms with Gasteiger partial charge in [0, 0.05) is 25.2 Å². The molecule has 1 aromatic heterocycles. The van der Waals surface area contributed by atoms with Gasteiger partial charge in [0.1, 0.15) is 0 Å². The van der Waals surface area contributed by atoms with Gasteiger partial charge in [-0.05, 0) is 35.2 Å². The van der Waals surface area contributed by atoms with E-state index in [1.54, 1.807) is 12.4 Å². The van der Waals surface area contributed by atoms with Gasteiger partial charge in [-0.25, -0.2) is 0 Å². The molecule has 0 bridgehead atoms. The highest BCUT2D eigenvalue weighted by Crippen LogP contribution is 2.26. The molecule has 4 N–H and O–H groups in total. The Bertz CT molecular complexity index is 414. The van der Waals surface area contributed by atoms with Gasteiger partial charge in [-0.15, -0.1) is 0 Å². The van der Waals surface area contributed by atoms with Gasteiger partial charge < -0.3 is 16.4 Å². The number of carbonyl (C=O) groups is 1. The lowest BCUT2D eigenvalue weighted by Gasteiger charge is -2.10. The largest absolute Gasteiger partial charge is 0.396 e. The molecule has 0 saturated heterocycles. The van der Waals surface area contributed by atoms with E-state index in [0.29, 0.717) is 24.7 Å². The first-order valence-corrected chi connectivity index (χ1v) is 6.88. The fourth-order valence-electron chi connectivity index (χ4n) is 1.63. The summed E-state index contributed by atoms with van der Waals surface area (Å²) in [5.74, 6) is 0.140. The van der Waals surface area contributed by atoms with Crippen molar-refractivity contribution >= 4 is 33.2 Å². The molecule has 6 heteroatoms. The number of nitrogens with one attached hydrogen (secondary N) is 2. The number of nitrogens with two attached hydrogens (primary N) is 1. The van der Waals surface area contributed by atoms with Crippen molar-refractivity contribution in [3.05, 3.63) is 16.9 Å². The second kappa shape index (κ2) is 6.04. The molecule has 1 aliphatic rings. The van der Waals surface area contributed by atoms with Gasteiger partial charge in [0.25, 0.3) is 0 Å². The van der Waals surface area contributed by atoms with Crippen LogP contribution in [0.2, 0.25) is 0 Å². The molecule has 0 atom stereocenters. The van der Waals surface area contributed by atoms with Crippen molar-refractivity contribution in [3.63, 3.8) is 0 Å². The number of halogens is 1. The van der Waals surface area contributed by atoms with Crippen molar-refractivity contribution in [2.45, 2.75) is 31.7 Å². The van der Waals surface area contributed by atoms with E-state index in [9.17, 15) is 4.79 Å². The molecular formula is C12H17BrN4O. The normalized spacial score (nSPS) is 14.3. The second-order valence-corrected chi connectivity index (χ2v) is 5.31. The zero-order valence-corrected chi connectivity index (χ0v) is 11.7. The van der Waals surface area contributed by atoms with Gasteiger partial charge in [-0.2, -0.15) is 0 Å². The van der Waals surface area contributed by atoms with E-state index in [1.807, 2.05) is 0 Å². The zero-order valence-electron chi connectivity index (χ0n) is 10.1. The smallest absolute Gasteiger partial charge is 0.220 e. The monoisotopic (exact) mass is 312 g/mol. The molecule has 0 unspecified atom stereocenters. The molecule has 1 saturated carbocycles. The number of nitrogens with zero attached hydrogens (tertiary/aromatic N) is 1. The first kappa shape index (κ1) is 13.1. The third-order valence-electron chi connectivity index (χ3n) is 2.75. The van der Waals surface area contributed by atoms with E-state index >= 15 is 0 Å². The highest BCUT2D eigenvalue weighted by Gasteiger charge is 2.22. The van der Waals surface area contributed by atoms with E-state index in [4.69, 9.17) is 5.73 Å². The van der Waals surface area contributed by atoms with Gasteiger partial charge in [0.2, 0.25) is 5.91 Å². The van der Waals surface area contributed by atoms with Crippen LogP contribution in [0.4, 0.5) is 11.4 Å². The van der Waals surface area contributed by atoms with E-state index < -0.39 is 0 Å². The van der Waals surface area contributed by atoms with Crippen LogP contribution in [0.3, 0.4) is 0 Å². The molecule has 2 rings (SSSR count). The Balaban J connectivity index is 1.69. The molecule has 1 heterocycles. The van der Waals surface area contributed by atoms with Crippen LogP contribution >= 0.6 is 15.9 Å². The predicted octanol–water partition coefficient (Wildman–Crippen LogP) is 1.90. The van der Waals surface area contributed by atoms with E-state index in [0.717, 1.165) is 29.4 Å². The zero-order chi connectivity index (χ0) is 13.0. The van der Waals surface area contributed by atoms with Crippen molar-refractivity contribution in [1.82, 2.24) is 10.3 Å². The van der Waals surface area contributed by atoms with Crippen molar-refractivity contribution < 1.29 is 4.79 Å². The molecule has 0 spiro atoms. The molecular weight excluding hydrogens is 296 g/mol. The van der Waals surface area contributed by atoms with Gasteiger partial charge in [0.05, 0.1) is 22.0 Å². The van der Waals surface area contributed by atoms with Gasteiger partial charge in [-0.1, -0.05) is 0 Å². The van der Waals surface area contributed by atoms with Crippen molar-refractivity contribution in [3.8, 4) is 0 Å². The van der Waals surface area contributed by atoms with Gasteiger partial charge in [0.15, 0.2) is 0 Å². The lowest BCUT2D eigenvalue weighted by molar-refractivity contribution is -0.121. The summed E-state index contributed by atoms with van der Waals surface area (Å²) in [4.78, 5) is 15.4. The third-order valence-corrected chi connectivity index (χ3v) is 3.36. The molecule has 5 nitrogen and oxygen atoms in total. The van der Waals surface area contributed by atoms with Crippen LogP contribution in [0.15, 0.2) is 16.9 Å². The number of nitrogen functional groups attached to an aromatic ring is 1. The van der Waals surface area contributed by atoms with Crippen LogP contribution in [0.1, 0.15) is 25.7 Å². The second-order valence-electron chi connectivity index (χ2n) is 4.46. The van der Waals surface area contributed by atoms with Crippen LogP contribution in [-0.4, -0.2) is 23.5 Å². The van der Waals surface area contributed by atoms with Crippen LogP contribution in [-0.2, 0) is 4.79 Å². The minimum Gasteiger partial charge on any atom is -0.396 e. The van der Waals surface area contributed by atoms with Gasteiger partial charge >= 0.3 is 0 Å². The summed E-state index contributed by atoms with van der Waals surface area (Å²) in [5.41, 5.74) is 7.25. The summed E-state index contributed by atoms with van der Waals surface area (Å²) in [7, 11) is 0. The summed E-state index contributed by atoms with van der Waals surface area (Å²) in [6.07, 6.45) is 6.89. The maximum absolute atomic E-state index is 11.5. The van der Waals surface area contributed by atoms with E-state index in [2.05, 4.69) is 31.5 Å². The van der Waals surface area contributed by atoms with E-state index in [-0.39, 0.29) is 5.91 Å². The quantitative estimate of drug-likeness (QED) is 0.701. The number of aromatic nitrogens is 1. The Morgan fingerprint density at radius 1 is 1.50 bits per heavy atom. The summed E-state index contributed by atoms with van der Waals surface area (Å²) in [6, 6.07) is 0.440. The standard InChI is InChI=1S/C12H17BrN4O/c13-9-6-15-7-10(14)12(9)16-5-1-2-11(18)17-8-3-4-8/h6-8H,1-5,14H2,(H,15,16)(H,17,18). The Hall–Kier alpha value is -1.30. The SMILES string of the molecule is Nc1cncc(Br)c1NCCCC(=O)NC1CC1. The molecule has 1 amide bonds. The first-order chi connectivity index (χ1) is 8.66. The van der Waals surface area contributed by atoms with Crippen molar-refractivity contribution in [2.24, 2.45) is 0 Å². The van der Waals surface area contributed by atoms with Crippen LogP contribution in [0.25, 0.3) is 0 Å². The average Bonchev–Trinajstić information content (AvgIpc) is 3.11. The molecule has 1 aromatic rings. The molecule has 1 aliphatic carbocycles. The fourth-order valence-corrected chi connectivity index (χ4v) is 2.11. The van der Waals surface area contributed by atoms with Gasteiger partial charge in [-0.3, -0.25) is 9.78 Å². The van der Waals surface area contributed by atoms with Crippen LogP contribution in [0, 0.1) is 0 Å². The maximum atomic E-state index is 11.5. The van der Waals surface area contributed by atoms with E-state index in [1.165, 1.54) is 0 Å². The maximum Gasteiger partial charge on any atom is 0.220 e. The topological polar surface area (TPSA) is 80.0 Å². The number of pyridine rings is 1. The van der Waals surface area contributed by atoms with Crippen LogP contribution in [0.5, 0.6) is 0 Å². The minimum atomic E-state index is 0.140. The number of rotatable bonds is 6. The van der Waals surface area contributed by atoms with Crippen LogP contribution < -0.4 is 16.4 Å². The number of hydrogen-bond acceptors (Lipinski definition) is 4. The summed E-state index contributed by atoms with van der Waals surface area (Å²) < 4.78 is 0.838. The average molecular weight is 313 g/mol. The molecule has 0 radical (unpaired) electrons. The summed E-state index contributed by atoms with van der Waals surface area (Å²) >= 11 is 3.38. The Morgan fingerprint density at radius 2 is 2.28 bits per heavy atom. The Labute approximate surface area is 115 Å². The van der Waals surface area contributed by atoms with Crippen molar-refractivity contribution in [2.75, 3.05) is 17.6 Å². The predicted molar refractivity (Wildman–Crippen MR) is 75.2 cm³/mol. The summed E-state index contributed by atoms with van der Waals surface area (Å²) in [6.45, 7) is 0.713. The minimum absolute atomic E-state index is 0.140. The summed E-state index contributed by atoms with van der Waals surface area (Å²) in [5, 5.41) is 6.18. The Morgan fingerprint density at radius 3 is 2.94 bits per heavy atom. The first-order valence-electron chi connectivity index (χ1n) is 6.09.